The Hall–Kier alpha value is -2.80. The van der Waals surface area contributed by atoms with Crippen LogP contribution in [-0.4, -0.2) is 19.7 Å². The minimum atomic E-state index is -0.357. The maximum Gasteiger partial charge on any atom is 0.338 e. The minimum Gasteiger partial charge on any atom is -0.496 e. The lowest BCUT2D eigenvalue weighted by molar-refractivity contribution is 0.0526. The van der Waals surface area contributed by atoms with Crippen LogP contribution in [-0.2, 0) is 4.74 Å². The molecule has 0 fully saturated rings. The summed E-state index contributed by atoms with van der Waals surface area (Å²) in [6.45, 7) is 2.10. The van der Waals surface area contributed by atoms with Crippen molar-refractivity contribution in [2.45, 2.75) is 6.92 Å². The lowest BCUT2D eigenvalue weighted by Gasteiger charge is -2.11. The van der Waals surface area contributed by atoms with Gasteiger partial charge in [0.2, 0.25) is 0 Å². The van der Waals surface area contributed by atoms with Crippen LogP contribution in [0.1, 0.15) is 22.8 Å². The minimum absolute atomic E-state index is 0.339. The molecular formula is C17H15NO3. The second kappa shape index (κ2) is 6.58. The molecule has 0 aliphatic carbocycles. The Bertz CT molecular complexity index is 684. The predicted molar refractivity (Wildman–Crippen MR) is 79.1 cm³/mol. The SMILES string of the molecule is CCOC(=O)c1ccc(-c2c(C#N)cccc2OC)cc1. The van der Waals surface area contributed by atoms with Crippen molar-refractivity contribution in [3.05, 3.63) is 53.6 Å². The number of nitriles is 1. The standard InChI is InChI=1S/C17H15NO3/c1-3-21-17(19)13-9-7-12(8-10-13)16-14(11-18)5-4-6-15(16)20-2/h4-10H,3H2,1-2H3. The van der Waals surface area contributed by atoms with Crippen LogP contribution in [0.5, 0.6) is 5.75 Å². The Balaban J connectivity index is 2.44. The molecule has 0 bridgehead atoms. The van der Waals surface area contributed by atoms with E-state index in [4.69, 9.17) is 9.47 Å². The van der Waals surface area contributed by atoms with E-state index in [1.54, 1.807) is 56.5 Å². The molecule has 2 aromatic carbocycles. The molecule has 0 unspecified atom stereocenters. The molecule has 0 spiro atoms. The Morgan fingerprint density at radius 1 is 1.19 bits per heavy atom. The third kappa shape index (κ3) is 3.03. The molecular weight excluding hydrogens is 266 g/mol. The number of carbonyl (C=O) groups excluding carboxylic acids is 1. The quantitative estimate of drug-likeness (QED) is 0.806. The molecule has 0 amide bonds. The average Bonchev–Trinajstić information content (AvgIpc) is 2.54. The largest absolute Gasteiger partial charge is 0.496 e. The zero-order valence-corrected chi connectivity index (χ0v) is 11.9. The number of ether oxygens (including phenoxy) is 2. The van der Waals surface area contributed by atoms with Crippen molar-refractivity contribution in [3.8, 4) is 22.9 Å². The predicted octanol–water partition coefficient (Wildman–Crippen LogP) is 3.41. The van der Waals surface area contributed by atoms with E-state index in [0.717, 1.165) is 11.1 Å². The van der Waals surface area contributed by atoms with E-state index >= 15 is 0 Å². The molecule has 0 saturated heterocycles. The Morgan fingerprint density at radius 2 is 1.90 bits per heavy atom. The third-order valence-electron chi connectivity index (χ3n) is 3.05. The van der Waals surface area contributed by atoms with Crippen LogP contribution in [0.2, 0.25) is 0 Å². The van der Waals surface area contributed by atoms with Gasteiger partial charge in [0.15, 0.2) is 0 Å². The van der Waals surface area contributed by atoms with Gasteiger partial charge < -0.3 is 9.47 Å². The normalized spacial score (nSPS) is 9.76. The number of carbonyl (C=O) groups is 1. The van der Waals surface area contributed by atoms with E-state index in [1.807, 2.05) is 0 Å². The Morgan fingerprint density at radius 3 is 2.48 bits per heavy atom. The number of esters is 1. The fourth-order valence-corrected chi connectivity index (χ4v) is 2.08. The van der Waals surface area contributed by atoms with E-state index in [0.29, 0.717) is 23.5 Å². The van der Waals surface area contributed by atoms with Crippen molar-refractivity contribution in [2.75, 3.05) is 13.7 Å². The lowest BCUT2D eigenvalue weighted by atomic mass is 9.98. The zero-order chi connectivity index (χ0) is 15.2. The van der Waals surface area contributed by atoms with Crippen LogP contribution in [0, 0.1) is 11.3 Å². The molecule has 0 radical (unpaired) electrons. The summed E-state index contributed by atoms with van der Waals surface area (Å²) in [6, 6.07) is 14.4. The number of hydrogen-bond acceptors (Lipinski definition) is 4. The van der Waals surface area contributed by atoms with Gasteiger partial charge in [-0.2, -0.15) is 5.26 Å². The molecule has 0 heterocycles. The molecule has 0 aromatic heterocycles. The first-order valence-corrected chi connectivity index (χ1v) is 6.56. The topological polar surface area (TPSA) is 59.3 Å². The molecule has 0 N–H and O–H groups in total. The highest BCUT2D eigenvalue weighted by Crippen LogP contribution is 2.33. The van der Waals surface area contributed by atoms with Crippen LogP contribution in [0.4, 0.5) is 0 Å². The van der Waals surface area contributed by atoms with Crippen LogP contribution in [0.3, 0.4) is 0 Å². The molecule has 106 valence electrons. The molecule has 4 heteroatoms. The van der Waals surface area contributed by atoms with Gasteiger partial charge in [-0.25, -0.2) is 4.79 Å². The van der Waals surface area contributed by atoms with Crippen molar-refractivity contribution in [3.63, 3.8) is 0 Å². The fraction of sp³-hybridized carbons (Fsp3) is 0.176. The van der Waals surface area contributed by atoms with Gasteiger partial charge in [0.25, 0.3) is 0 Å². The molecule has 0 aliphatic heterocycles. The first-order valence-electron chi connectivity index (χ1n) is 6.56. The molecule has 0 aliphatic rings. The summed E-state index contributed by atoms with van der Waals surface area (Å²) < 4.78 is 10.3. The second-order valence-corrected chi connectivity index (χ2v) is 4.29. The lowest BCUT2D eigenvalue weighted by Crippen LogP contribution is -2.04. The van der Waals surface area contributed by atoms with E-state index < -0.39 is 0 Å². The summed E-state index contributed by atoms with van der Waals surface area (Å²) in [5, 5.41) is 9.23. The summed E-state index contributed by atoms with van der Waals surface area (Å²) in [5.41, 5.74) is 2.54. The molecule has 2 aromatic rings. The molecule has 21 heavy (non-hydrogen) atoms. The highest BCUT2D eigenvalue weighted by molar-refractivity contribution is 5.90. The van der Waals surface area contributed by atoms with Crippen LogP contribution >= 0.6 is 0 Å². The number of methoxy groups -OCH3 is 1. The van der Waals surface area contributed by atoms with Gasteiger partial charge in [-0.05, 0) is 36.8 Å². The number of rotatable bonds is 4. The monoisotopic (exact) mass is 281 g/mol. The van der Waals surface area contributed by atoms with Gasteiger partial charge in [-0.15, -0.1) is 0 Å². The summed E-state index contributed by atoms with van der Waals surface area (Å²) >= 11 is 0. The van der Waals surface area contributed by atoms with Gasteiger partial charge >= 0.3 is 5.97 Å². The van der Waals surface area contributed by atoms with Crippen molar-refractivity contribution < 1.29 is 14.3 Å². The van der Waals surface area contributed by atoms with Gasteiger partial charge in [0.05, 0.1) is 30.9 Å². The maximum absolute atomic E-state index is 11.6. The highest BCUT2D eigenvalue weighted by Gasteiger charge is 2.12. The first kappa shape index (κ1) is 14.6. The molecule has 4 nitrogen and oxygen atoms in total. The summed E-state index contributed by atoms with van der Waals surface area (Å²) in [4.78, 5) is 11.6. The average molecular weight is 281 g/mol. The Labute approximate surface area is 123 Å². The number of benzene rings is 2. The fourth-order valence-electron chi connectivity index (χ4n) is 2.08. The van der Waals surface area contributed by atoms with Crippen LogP contribution < -0.4 is 4.74 Å². The first-order chi connectivity index (χ1) is 10.2. The molecule has 2 rings (SSSR count). The van der Waals surface area contributed by atoms with Crippen molar-refractivity contribution in [1.82, 2.24) is 0 Å². The zero-order valence-electron chi connectivity index (χ0n) is 11.9. The van der Waals surface area contributed by atoms with Gasteiger partial charge in [-0.1, -0.05) is 18.2 Å². The summed E-state index contributed by atoms with van der Waals surface area (Å²) in [5.74, 6) is 0.266. The van der Waals surface area contributed by atoms with E-state index in [-0.39, 0.29) is 5.97 Å². The Kier molecular flexibility index (Phi) is 4.57. The summed E-state index contributed by atoms with van der Waals surface area (Å²) in [6.07, 6.45) is 0. The van der Waals surface area contributed by atoms with Gasteiger partial charge in [0.1, 0.15) is 5.75 Å². The second-order valence-electron chi connectivity index (χ2n) is 4.29. The van der Waals surface area contributed by atoms with Crippen LogP contribution in [0.25, 0.3) is 11.1 Å². The third-order valence-corrected chi connectivity index (χ3v) is 3.05. The number of hydrogen-bond donors (Lipinski definition) is 0. The number of nitrogens with zero attached hydrogens (tertiary/aromatic N) is 1. The molecule has 0 saturated carbocycles. The maximum atomic E-state index is 11.6. The smallest absolute Gasteiger partial charge is 0.338 e. The van der Waals surface area contributed by atoms with Crippen molar-refractivity contribution in [2.24, 2.45) is 0 Å². The van der Waals surface area contributed by atoms with E-state index in [2.05, 4.69) is 6.07 Å². The van der Waals surface area contributed by atoms with Crippen molar-refractivity contribution >= 4 is 5.97 Å². The van der Waals surface area contributed by atoms with Gasteiger partial charge in [-0.3, -0.25) is 0 Å². The molecule has 0 atom stereocenters. The van der Waals surface area contributed by atoms with E-state index in [9.17, 15) is 10.1 Å². The van der Waals surface area contributed by atoms with Crippen molar-refractivity contribution in [1.29, 1.82) is 5.26 Å². The van der Waals surface area contributed by atoms with E-state index in [1.165, 1.54) is 0 Å². The van der Waals surface area contributed by atoms with Gasteiger partial charge in [0, 0.05) is 5.56 Å². The van der Waals surface area contributed by atoms with Crippen LogP contribution in [0.15, 0.2) is 42.5 Å². The highest BCUT2D eigenvalue weighted by atomic mass is 16.5. The summed E-state index contributed by atoms with van der Waals surface area (Å²) in [7, 11) is 1.56.